The second kappa shape index (κ2) is 8.02. The highest BCUT2D eigenvalue weighted by molar-refractivity contribution is 5.95. The van der Waals surface area contributed by atoms with Crippen LogP contribution in [0.2, 0.25) is 0 Å². The number of nitrogens with two attached hydrogens (primary N) is 1. The Morgan fingerprint density at radius 1 is 1.50 bits per heavy atom. The maximum atomic E-state index is 11.6. The second-order valence-electron chi connectivity index (χ2n) is 4.30. The predicted octanol–water partition coefficient (Wildman–Crippen LogP) is -1.12. The summed E-state index contributed by atoms with van der Waals surface area (Å²) in [6.07, 6.45) is 2.07. The van der Waals surface area contributed by atoms with Crippen molar-refractivity contribution >= 4 is 11.9 Å². The van der Waals surface area contributed by atoms with Crippen LogP contribution in [0.25, 0.3) is 0 Å². The Morgan fingerprint density at radius 2 is 2.28 bits per heavy atom. The lowest BCUT2D eigenvalue weighted by atomic mass is 10.2. The summed E-state index contributed by atoms with van der Waals surface area (Å²) >= 11 is 0. The topological polar surface area (TPSA) is 96.7 Å². The zero-order valence-corrected chi connectivity index (χ0v) is 10.8. The number of urea groups is 1. The molecule has 1 rings (SSSR count). The van der Waals surface area contributed by atoms with Crippen molar-refractivity contribution in [2.24, 2.45) is 5.73 Å². The molecule has 0 spiro atoms. The molecule has 0 saturated carbocycles. The summed E-state index contributed by atoms with van der Waals surface area (Å²) < 4.78 is 4.78. The molecule has 4 N–H and O–H groups in total. The van der Waals surface area contributed by atoms with Crippen LogP contribution in [0.15, 0.2) is 0 Å². The number of ether oxygens (including phenoxy) is 1. The van der Waals surface area contributed by atoms with Gasteiger partial charge in [-0.1, -0.05) is 0 Å². The highest BCUT2D eigenvalue weighted by Gasteiger charge is 2.25. The summed E-state index contributed by atoms with van der Waals surface area (Å²) in [5.74, 6) is -0.301. The molecule has 7 nitrogen and oxygen atoms in total. The quantitative estimate of drug-likeness (QED) is 0.524. The molecule has 0 bridgehead atoms. The van der Waals surface area contributed by atoms with E-state index < -0.39 is 6.03 Å². The molecular formula is C11H22N4O3. The minimum absolute atomic E-state index is 0.222. The van der Waals surface area contributed by atoms with E-state index in [1.807, 2.05) is 4.90 Å². The first-order valence-corrected chi connectivity index (χ1v) is 6.18. The Labute approximate surface area is 107 Å². The zero-order chi connectivity index (χ0) is 13.4. The summed E-state index contributed by atoms with van der Waals surface area (Å²) in [7, 11) is 1.55. The smallest absolute Gasteiger partial charge is 0.321 e. The third kappa shape index (κ3) is 4.99. The summed E-state index contributed by atoms with van der Waals surface area (Å²) in [5.41, 5.74) is 5.62. The predicted molar refractivity (Wildman–Crippen MR) is 67.1 cm³/mol. The van der Waals surface area contributed by atoms with Gasteiger partial charge in [-0.2, -0.15) is 0 Å². The Morgan fingerprint density at radius 3 is 2.94 bits per heavy atom. The molecule has 1 unspecified atom stereocenters. The van der Waals surface area contributed by atoms with Crippen molar-refractivity contribution in [3.05, 3.63) is 0 Å². The SMILES string of the molecule is COCCNC(=O)NC(=O)CN1CCCC1CN. The molecule has 104 valence electrons. The number of nitrogens with one attached hydrogen (secondary N) is 2. The van der Waals surface area contributed by atoms with Gasteiger partial charge in [-0.05, 0) is 19.4 Å². The summed E-state index contributed by atoms with van der Waals surface area (Å²) in [5, 5.41) is 4.81. The molecule has 1 fully saturated rings. The number of rotatable bonds is 6. The van der Waals surface area contributed by atoms with Gasteiger partial charge in [-0.15, -0.1) is 0 Å². The number of hydrogen-bond acceptors (Lipinski definition) is 5. The van der Waals surface area contributed by atoms with Gasteiger partial charge in [0.15, 0.2) is 0 Å². The first kappa shape index (κ1) is 14.9. The average molecular weight is 258 g/mol. The highest BCUT2D eigenvalue weighted by Crippen LogP contribution is 2.14. The highest BCUT2D eigenvalue weighted by atomic mass is 16.5. The maximum Gasteiger partial charge on any atom is 0.321 e. The summed E-state index contributed by atoms with van der Waals surface area (Å²) in [6, 6.07) is -0.229. The number of amides is 3. The Hall–Kier alpha value is -1.18. The van der Waals surface area contributed by atoms with Crippen LogP contribution in [0.3, 0.4) is 0 Å². The molecule has 0 aromatic carbocycles. The molecule has 1 aliphatic rings. The molecule has 1 saturated heterocycles. The zero-order valence-electron chi connectivity index (χ0n) is 10.8. The van der Waals surface area contributed by atoms with Gasteiger partial charge in [0, 0.05) is 26.2 Å². The first-order valence-electron chi connectivity index (χ1n) is 6.18. The lowest BCUT2D eigenvalue weighted by molar-refractivity contribution is -0.121. The second-order valence-corrected chi connectivity index (χ2v) is 4.30. The lowest BCUT2D eigenvalue weighted by Crippen LogP contribution is -2.47. The fourth-order valence-corrected chi connectivity index (χ4v) is 2.03. The third-order valence-electron chi connectivity index (χ3n) is 2.96. The van der Waals surface area contributed by atoms with E-state index in [0.29, 0.717) is 19.7 Å². The minimum Gasteiger partial charge on any atom is -0.383 e. The molecule has 7 heteroatoms. The van der Waals surface area contributed by atoms with Crippen molar-refractivity contribution in [3.63, 3.8) is 0 Å². The van der Waals surface area contributed by atoms with E-state index in [4.69, 9.17) is 10.5 Å². The molecule has 18 heavy (non-hydrogen) atoms. The van der Waals surface area contributed by atoms with Crippen molar-refractivity contribution < 1.29 is 14.3 Å². The van der Waals surface area contributed by atoms with Gasteiger partial charge in [0.1, 0.15) is 0 Å². The normalized spacial score (nSPS) is 19.8. The summed E-state index contributed by atoms with van der Waals surface area (Å²) in [4.78, 5) is 24.9. The van der Waals surface area contributed by atoms with Crippen LogP contribution < -0.4 is 16.4 Å². The van der Waals surface area contributed by atoms with Crippen LogP contribution in [0.5, 0.6) is 0 Å². The van der Waals surface area contributed by atoms with E-state index >= 15 is 0 Å². The fourth-order valence-electron chi connectivity index (χ4n) is 2.03. The Bertz CT molecular complexity index is 285. The number of likely N-dealkylation sites (tertiary alicyclic amines) is 1. The van der Waals surface area contributed by atoms with Gasteiger partial charge in [0.2, 0.25) is 5.91 Å². The molecule has 0 radical (unpaired) electrons. The van der Waals surface area contributed by atoms with Crippen molar-refractivity contribution in [2.75, 3.05) is 39.9 Å². The summed E-state index contributed by atoms with van der Waals surface area (Å²) in [6.45, 7) is 2.43. The number of carbonyl (C=O) groups excluding carboxylic acids is 2. The molecule has 1 atom stereocenters. The van der Waals surface area contributed by atoms with E-state index in [9.17, 15) is 9.59 Å². The molecule has 3 amide bonds. The van der Waals surface area contributed by atoms with Gasteiger partial charge in [0.25, 0.3) is 0 Å². The van der Waals surface area contributed by atoms with E-state index in [-0.39, 0.29) is 18.5 Å². The third-order valence-corrected chi connectivity index (χ3v) is 2.96. The van der Waals surface area contributed by atoms with Gasteiger partial charge in [0.05, 0.1) is 13.2 Å². The number of carbonyl (C=O) groups is 2. The molecular weight excluding hydrogens is 236 g/mol. The van der Waals surface area contributed by atoms with Crippen molar-refractivity contribution in [2.45, 2.75) is 18.9 Å². The van der Waals surface area contributed by atoms with Crippen LogP contribution in [0, 0.1) is 0 Å². The largest absolute Gasteiger partial charge is 0.383 e. The molecule has 1 heterocycles. The molecule has 0 aliphatic carbocycles. The standard InChI is InChI=1S/C11H22N4O3/c1-18-6-4-13-11(17)14-10(16)8-15-5-2-3-9(15)7-12/h9H,2-8,12H2,1H3,(H2,13,14,16,17). The van der Waals surface area contributed by atoms with Crippen LogP contribution in [-0.2, 0) is 9.53 Å². The monoisotopic (exact) mass is 258 g/mol. The van der Waals surface area contributed by atoms with Gasteiger partial charge >= 0.3 is 6.03 Å². The van der Waals surface area contributed by atoms with Gasteiger partial charge in [-0.3, -0.25) is 15.0 Å². The van der Waals surface area contributed by atoms with E-state index in [1.165, 1.54) is 0 Å². The van der Waals surface area contributed by atoms with Gasteiger partial charge < -0.3 is 15.8 Å². The average Bonchev–Trinajstić information content (AvgIpc) is 2.76. The minimum atomic E-state index is -0.486. The Kier molecular flexibility index (Phi) is 6.63. The van der Waals surface area contributed by atoms with Crippen LogP contribution in [-0.4, -0.2) is 62.8 Å². The molecule has 0 aromatic rings. The maximum absolute atomic E-state index is 11.6. The van der Waals surface area contributed by atoms with Crippen LogP contribution in [0.4, 0.5) is 4.79 Å². The first-order chi connectivity index (χ1) is 8.67. The van der Waals surface area contributed by atoms with Crippen molar-refractivity contribution in [3.8, 4) is 0 Å². The lowest BCUT2D eigenvalue weighted by Gasteiger charge is -2.22. The molecule has 0 aromatic heterocycles. The van der Waals surface area contributed by atoms with E-state index in [2.05, 4.69) is 10.6 Å². The van der Waals surface area contributed by atoms with Gasteiger partial charge in [-0.25, -0.2) is 4.79 Å². The van der Waals surface area contributed by atoms with Crippen LogP contribution in [0.1, 0.15) is 12.8 Å². The molecule has 1 aliphatic heterocycles. The van der Waals surface area contributed by atoms with E-state index in [1.54, 1.807) is 7.11 Å². The number of methoxy groups -OCH3 is 1. The number of nitrogens with zero attached hydrogens (tertiary/aromatic N) is 1. The Balaban J connectivity index is 2.22. The van der Waals surface area contributed by atoms with Crippen molar-refractivity contribution in [1.82, 2.24) is 15.5 Å². The van der Waals surface area contributed by atoms with Crippen LogP contribution >= 0.6 is 0 Å². The van der Waals surface area contributed by atoms with E-state index in [0.717, 1.165) is 19.4 Å². The fraction of sp³-hybridized carbons (Fsp3) is 0.818. The van der Waals surface area contributed by atoms with Crippen molar-refractivity contribution in [1.29, 1.82) is 0 Å². The number of imide groups is 1. The number of hydrogen-bond donors (Lipinski definition) is 3.